The van der Waals surface area contributed by atoms with E-state index in [4.69, 9.17) is 5.73 Å². The number of alkyl halides is 3. The molecule has 9 heteroatoms. The van der Waals surface area contributed by atoms with Crippen LogP contribution in [0, 0.1) is 0 Å². The first-order chi connectivity index (χ1) is 9.75. The van der Waals surface area contributed by atoms with Gasteiger partial charge in [0.25, 0.3) is 0 Å². The molecule has 0 unspecified atom stereocenters. The third kappa shape index (κ3) is 3.77. The molecule has 2 heterocycles. The number of rotatable bonds is 3. The maximum atomic E-state index is 12.6. The van der Waals surface area contributed by atoms with Crippen LogP contribution in [0.5, 0.6) is 0 Å². The molecular weight excluding hydrogens is 285 g/mol. The number of hydrogen-bond donors (Lipinski definition) is 2. The Bertz CT molecular complexity index is 641. The average Bonchev–Trinajstić information content (AvgIpc) is 2.37. The van der Waals surface area contributed by atoms with E-state index in [1.165, 1.54) is 6.07 Å². The van der Waals surface area contributed by atoms with Gasteiger partial charge in [0, 0.05) is 17.8 Å². The van der Waals surface area contributed by atoms with E-state index in [9.17, 15) is 13.2 Å². The predicted octanol–water partition coefficient (Wildman–Crippen LogP) is 2.73. The fraction of sp³-hybridized carbons (Fsp3) is 0.333. The summed E-state index contributed by atoms with van der Waals surface area (Å²) >= 11 is 0. The van der Waals surface area contributed by atoms with Crippen LogP contribution in [0.4, 0.5) is 30.8 Å². The van der Waals surface area contributed by atoms with Crippen molar-refractivity contribution in [2.45, 2.75) is 25.9 Å². The minimum Gasteiger partial charge on any atom is -0.368 e. The highest BCUT2D eigenvalue weighted by Gasteiger charge is 2.32. The highest BCUT2D eigenvalue weighted by molar-refractivity contribution is 5.54. The van der Waals surface area contributed by atoms with Crippen LogP contribution < -0.4 is 11.1 Å². The number of nitrogens with one attached hydrogen (secondary N) is 1. The predicted molar refractivity (Wildman–Crippen MR) is 70.9 cm³/mol. The zero-order valence-electron chi connectivity index (χ0n) is 11.3. The van der Waals surface area contributed by atoms with Crippen molar-refractivity contribution in [3.8, 4) is 0 Å². The van der Waals surface area contributed by atoms with Gasteiger partial charge in [-0.25, -0.2) is 0 Å². The molecule has 112 valence electrons. The number of aromatic nitrogens is 4. The van der Waals surface area contributed by atoms with Crippen molar-refractivity contribution in [1.29, 1.82) is 0 Å². The fourth-order valence-corrected chi connectivity index (χ4v) is 1.52. The van der Waals surface area contributed by atoms with Gasteiger partial charge in [0.1, 0.15) is 11.5 Å². The maximum absolute atomic E-state index is 12.6. The van der Waals surface area contributed by atoms with E-state index in [0.29, 0.717) is 5.82 Å². The van der Waals surface area contributed by atoms with Crippen molar-refractivity contribution in [2.75, 3.05) is 11.1 Å². The Morgan fingerprint density at radius 3 is 2.52 bits per heavy atom. The lowest BCUT2D eigenvalue weighted by atomic mass is 10.2. The molecular formula is C12H13F3N6. The van der Waals surface area contributed by atoms with Crippen LogP contribution in [-0.4, -0.2) is 19.9 Å². The first-order valence-electron chi connectivity index (χ1n) is 6.07. The quantitative estimate of drug-likeness (QED) is 0.905. The summed E-state index contributed by atoms with van der Waals surface area (Å²) in [7, 11) is 0. The maximum Gasteiger partial charge on any atom is 0.433 e. The molecule has 0 aromatic carbocycles. The van der Waals surface area contributed by atoms with E-state index in [1.807, 2.05) is 13.8 Å². The van der Waals surface area contributed by atoms with Gasteiger partial charge in [-0.2, -0.15) is 28.1 Å². The minimum absolute atomic E-state index is 0.00120. The lowest BCUT2D eigenvalue weighted by molar-refractivity contribution is -0.141. The lowest BCUT2D eigenvalue weighted by Gasteiger charge is -2.10. The Morgan fingerprint density at radius 2 is 1.90 bits per heavy atom. The van der Waals surface area contributed by atoms with E-state index in [1.54, 1.807) is 0 Å². The molecule has 0 saturated heterocycles. The number of halogens is 3. The normalized spacial score (nSPS) is 11.7. The van der Waals surface area contributed by atoms with Crippen molar-refractivity contribution < 1.29 is 13.2 Å². The van der Waals surface area contributed by atoms with E-state index in [2.05, 4.69) is 25.3 Å². The number of anilines is 3. The Kier molecular flexibility index (Phi) is 3.92. The van der Waals surface area contributed by atoms with Crippen LogP contribution in [0.1, 0.15) is 31.3 Å². The first kappa shape index (κ1) is 14.9. The molecule has 2 rings (SSSR count). The van der Waals surface area contributed by atoms with E-state index < -0.39 is 11.9 Å². The zero-order chi connectivity index (χ0) is 15.6. The SMILES string of the molecule is CC(C)c1nc(N)nc(Nc2ccnc(C(F)(F)F)c2)n1. The third-order valence-electron chi connectivity index (χ3n) is 2.49. The standard InChI is InChI=1S/C12H13F3N6/c1-6(2)9-19-10(16)21-11(20-9)18-7-3-4-17-8(5-7)12(13,14)15/h3-6H,1-2H3,(H3,16,17,18,19,20,21). The fourth-order valence-electron chi connectivity index (χ4n) is 1.52. The molecule has 0 aliphatic heterocycles. The molecule has 0 fully saturated rings. The van der Waals surface area contributed by atoms with Gasteiger partial charge in [0.15, 0.2) is 0 Å². The summed E-state index contributed by atoms with van der Waals surface area (Å²) in [6.45, 7) is 3.74. The van der Waals surface area contributed by atoms with E-state index >= 15 is 0 Å². The van der Waals surface area contributed by atoms with Crippen molar-refractivity contribution in [2.24, 2.45) is 0 Å². The van der Waals surface area contributed by atoms with Gasteiger partial charge in [0.2, 0.25) is 11.9 Å². The molecule has 21 heavy (non-hydrogen) atoms. The van der Waals surface area contributed by atoms with Crippen molar-refractivity contribution >= 4 is 17.6 Å². The highest BCUT2D eigenvalue weighted by atomic mass is 19.4. The summed E-state index contributed by atoms with van der Waals surface area (Å²) < 4.78 is 37.8. The summed E-state index contributed by atoms with van der Waals surface area (Å²) in [5.74, 6) is 0.556. The summed E-state index contributed by atoms with van der Waals surface area (Å²) in [4.78, 5) is 15.2. The van der Waals surface area contributed by atoms with Gasteiger partial charge < -0.3 is 11.1 Å². The van der Waals surface area contributed by atoms with Crippen LogP contribution in [-0.2, 0) is 6.18 Å². The second-order valence-corrected chi connectivity index (χ2v) is 4.58. The molecule has 0 atom stereocenters. The Morgan fingerprint density at radius 1 is 1.19 bits per heavy atom. The smallest absolute Gasteiger partial charge is 0.368 e. The van der Waals surface area contributed by atoms with Gasteiger partial charge >= 0.3 is 6.18 Å². The lowest BCUT2D eigenvalue weighted by Crippen LogP contribution is -2.10. The molecule has 0 saturated carbocycles. The summed E-state index contributed by atoms with van der Waals surface area (Å²) in [5.41, 5.74) is 4.72. The largest absolute Gasteiger partial charge is 0.433 e. The molecule has 0 aliphatic rings. The van der Waals surface area contributed by atoms with Crippen LogP contribution in [0.2, 0.25) is 0 Å². The Balaban J connectivity index is 2.30. The minimum atomic E-state index is -4.51. The summed E-state index contributed by atoms with van der Waals surface area (Å²) in [6.07, 6.45) is -3.46. The van der Waals surface area contributed by atoms with Gasteiger partial charge in [0.05, 0.1) is 0 Å². The molecule has 0 amide bonds. The van der Waals surface area contributed by atoms with Crippen LogP contribution >= 0.6 is 0 Å². The zero-order valence-corrected chi connectivity index (χ0v) is 11.3. The molecule has 0 spiro atoms. The summed E-state index contributed by atoms with van der Waals surface area (Å²) in [6, 6.07) is 2.25. The van der Waals surface area contributed by atoms with Crippen LogP contribution in [0.3, 0.4) is 0 Å². The number of pyridine rings is 1. The van der Waals surface area contributed by atoms with Crippen molar-refractivity contribution in [1.82, 2.24) is 19.9 Å². The van der Waals surface area contributed by atoms with Crippen LogP contribution in [0.25, 0.3) is 0 Å². The van der Waals surface area contributed by atoms with Crippen LogP contribution in [0.15, 0.2) is 18.3 Å². The monoisotopic (exact) mass is 298 g/mol. The molecule has 6 nitrogen and oxygen atoms in total. The molecule has 0 aliphatic carbocycles. The second-order valence-electron chi connectivity index (χ2n) is 4.58. The highest BCUT2D eigenvalue weighted by Crippen LogP contribution is 2.29. The number of hydrogen-bond acceptors (Lipinski definition) is 6. The second kappa shape index (κ2) is 5.51. The van der Waals surface area contributed by atoms with Crippen molar-refractivity contribution in [3.05, 3.63) is 29.8 Å². The number of nitrogens with two attached hydrogens (primary N) is 1. The van der Waals surface area contributed by atoms with Gasteiger partial charge in [-0.3, -0.25) is 4.98 Å². The third-order valence-corrected chi connectivity index (χ3v) is 2.49. The molecule has 2 aromatic heterocycles. The van der Waals surface area contributed by atoms with Gasteiger partial charge in [-0.05, 0) is 12.1 Å². The van der Waals surface area contributed by atoms with Gasteiger partial charge in [-0.1, -0.05) is 13.8 Å². The van der Waals surface area contributed by atoms with Gasteiger partial charge in [-0.15, -0.1) is 0 Å². The molecule has 0 radical (unpaired) electrons. The topological polar surface area (TPSA) is 89.6 Å². The average molecular weight is 298 g/mol. The summed E-state index contributed by atoms with van der Waals surface area (Å²) in [5, 5.41) is 2.67. The molecule has 0 bridgehead atoms. The van der Waals surface area contributed by atoms with E-state index in [0.717, 1.165) is 12.3 Å². The number of nitrogen functional groups attached to an aromatic ring is 1. The first-order valence-corrected chi connectivity index (χ1v) is 6.07. The Labute approximate surface area is 118 Å². The molecule has 3 N–H and O–H groups in total. The van der Waals surface area contributed by atoms with E-state index in [-0.39, 0.29) is 23.5 Å². The van der Waals surface area contributed by atoms with Crippen molar-refractivity contribution in [3.63, 3.8) is 0 Å². The molecule has 2 aromatic rings. The number of nitrogens with zero attached hydrogens (tertiary/aromatic N) is 4. The Hall–Kier alpha value is -2.45.